The summed E-state index contributed by atoms with van der Waals surface area (Å²) in [4.78, 5) is 14.7. The van der Waals surface area contributed by atoms with Gasteiger partial charge in [-0.1, -0.05) is 12.1 Å². The third-order valence-electron chi connectivity index (χ3n) is 5.60. The van der Waals surface area contributed by atoms with Crippen LogP contribution < -0.4 is 10.6 Å². The largest absolute Gasteiger partial charge is 0.353 e. The van der Waals surface area contributed by atoms with Crippen molar-refractivity contribution in [1.29, 1.82) is 0 Å². The van der Waals surface area contributed by atoms with Crippen LogP contribution in [0.25, 0.3) is 10.9 Å². The molecule has 2 N–H and O–H groups in total. The molecule has 5 nitrogen and oxygen atoms in total. The predicted molar refractivity (Wildman–Crippen MR) is 95.9 cm³/mol. The SMILES string of the molecule is CCn1ccc2ccc(CN3CCC4(CC3)NCCNC4=O)cc21. The van der Waals surface area contributed by atoms with E-state index in [2.05, 4.69) is 57.5 Å². The number of fused-ring (bicyclic) bond motifs is 1. The number of hydrogen-bond donors (Lipinski definition) is 2. The van der Waals surface area contributed by atoms with Crippen molar-refractivity contribution in [3.63, 3.8) is 0 Å². The summed E-state index contributed by atoms with van der Waals surface area (Å²) < 4.78 is 2.29. The highest BCUT2D eigenvalue weighted by atomic mass is 16.2. The van der Waals surface area contributed by atoms with Crippen molar-refractivity contribution in [3.05, 3.63) is 36.0 Å². The second kappa shape index (κ2) is 6.22. The Morgan fingerprint density at radius 1 is 1.17 bits per heavy atom. The van der Waals surface area contributed by atoms with Crippen molar-refractivity contribution in [2.45, 2.75) is 38.4 Å². The van der Waals surface area contributed by atoms with Crippen LogP contribution in [-0.2, 0) is 17.9 Å². The number of piperidine rings is 1. The van der Waals surface area contributed by atoms with Crippen LogP contribution in [0.4, 0.5) is 0 Å². The van der Waals surface area contributed by atoms with E-state index in [0.717, 1.165) is 52.1 Å². The van der Waals surface area contributed by atoms with E-state index in [1.165, 1.54) is 16.5 Å². The first-order chi connectivity index (χ1) is 11.7. The van der Waals surface area contributed by atoms with E-state index in [4.69, 9.17) is 0 Å². The molecule has 2 aromatic rings. The Morgan fingerprint density at radius 2 is 2.00 bits per heavy atom. The Bertz CT molecular complexity index is 743. The maximum atomic E-state index is 12.2. The Morgan fingerprint density at radius 3 is 2.75 bits per heavy atom. The number of benzene rings is 1. The minimum Gasteiger partial charge on any atom is -0.353 e. The van der Waals surface area contributed by atoms with Gasteiger partial charge in [0.05, 0.1) is 0 Å². The number of aryl methyl sites for hydroxylation is 1. The number of nitrogens with zero attached hydrogens (tertiary/aromatic N) is 2. The Balaban J connectivity index is 1.44. The highest BCUT2D eigenvalue weighted by Gasteiger charge is 2.42. The van der Waals surface area contributed by atoms with Crippen LogP contribution in [0.5, 0.6) is 0 Å². The molecular formula is C19H26N4O. The van der Waals surface area contributed by atoms with E-state index in [1.807, 2.05) is 0 Å². The Labute approximate surface area is 143 Å². The molecule has 128 valence electrons. The summed E-state index contributed by atoms with van der Waals surface area (Å²) in [6.07, 6.45) is 3.95. The number of carbonyl (C=O) groups excluding carboxylic acids is 1. The molecule has 3 heterocycles. The van der Waals surface area contributed by atoms with Gasteiger partial charge in [0.2, 0.25) is 5.91 Å². The average Bonchev–Trinajstić information content (AvgIpc) is 3.02. The molecule has 24 heavy (non-hydrogen) atoms. The summed E-state index contributed by atoms with van der Waals surface area (Å²) in [5, 5.41) is 7.78. The van der Waals surface area contributed by atoms with Crippen molar-refractivity contribution >= 4 is 16.8 Å². The van der Waals surface area contributed by atoms with Crippen molar-refractivity contribution in [2.24, 2.45) is 0 Å². The van der Waals surface area contributed by atoms with Crippen molar-refractivity contribution < 1.29 is 4.79 Å². The molecule has 2 fully saturated rings. The fraction of sp³-hybridized carbons (Fsp3) is 0.526. The lowest BCUT2D eigenvalue weighted by molar-refractivity contribution is -0.131. The number of piperazine rings is 1. The topological polar surface area (TPSA) is 49.3 Å². The van der Waals surface area contributed by atoms with E-state index < -0.39 is 0 Å². The zero-order chi connectivity index (χ0) is 16.6. The molecule has 5 heteroatoms. The second-order valence-corrected chi connectivity index (χ2v) is 7.04. The highest BCUT2D eigenvalue weighted by molar-refractivity contribution is 5.87. The van der Waals surface area contributed by atoms with Crippen LogP contribution >= 0.6 is 0 Å². The minimum absolute atomic E-state index is 0.190. The van der Waals surface area contributed by atoms with Gasteiger partial charge in [-0.25, -0.2) is 0 Å². The number of hydrogen-bond acceptors (Lipinski definition) is 3. The molecule has 2 aliphatic rings. The molecule has 1 amide bonds. The lowest BCUT2D eigenvalue weighted by atomic mass is 9.85. The van der Waals surface area contributed by atoms with Crippen LogP contribution in [0, 0.1) is 0 Å². The monoisotopic (exact) mass is 326 g/mol. The second-order valence-electron chi connectivity index (χ2n) is 7.04. The molecule has 0 saturated carbocycles. The number of amides is 1. The lowest BCUT2D eigenvalue weighted by Gasteiger charge is -2.43. The molecule has 1 aromatic carbocycles. The van der Waals surface area contributed by atoms with Crippen LogP contribution in [-0.4, -0.2) is 47.1 Å². The van der Waals surface area contributed by atoms with Gasteiger partial charge in [-0.2, -0.15) is 0 Å². The van der Waals surface area contributed by atoms with E-state index in [1.54, 1.807) is 0 Å². The molecule has 2 aliphatic heterocycles. The van der Waals surface area contributed by atoms with Crippen LogP contribution in [0.2, 0.25) is 0 Å². The van der Waals surface area contributed by atoms with E-state index in [-0.39, 0.29) is 11.4 Å². The molecule has 0 radical (unpaired) electrons. The molecule has 4 rings (SSSR count). The first-order valence-corrected chi connectivity index (χ1v) is 9.04. The maximum Gasteiger partial charge on any atom is 0.240 e. The Hall–Kier alpha value is -1.85. The fourth-order valence-electron chi connectivity index (χ4n) is 4.09. The highest BCUT2D eigenvalue weighted by Crippen LogP contribution is 2.26. The number of likely N-dealkylation sites (tertiary alicyclic amines) is 1. The molecule has 2 saturated heterocycles. The quantitative estimate of drug-likeness (QED) is 0.903. The van der Waals surface area contributed by atoms with Gasteiger partial charge in [0.1, 0.15) is 5.54 Å². The third-order valence-corrected chi connectivity index (χ3v) is 5.60. The van der Waals surface area contributed by atoms with Gasteiger partial charge < -0.3 is 15.2 Å². The summed E-state index contributed by atoms with van der Waals surface area (Å²) >= 11 is 0. The number of aromatic nitrogens is 1. The van der Waals surface area contributed by atoms with E-state index >= 15 is 0 Å². The summed E-state index contributed by atoms with van der Waals surface area (Å²) in [5.74, 6) is 0.190. The number of carbonyl (C=O) groups is 1. The summed E-state index contributed by atoms with van der Waals surface area (Å²) in [6.45, 7) is 7.71. The molecular weight excluding hydrogens is 300 g/mol. The molecule has 0 bridgehead atoms. The molecule has 1 spiro atoms. The predicted octanol–water partition coefficient (Wildman–Crippen LogP) is 1.72. The summed E-state index contributed by atoms with van der Waals surface area (Å²) in [7, 11) is 0. The minimum atomic E-state index is -0.324. The van der Waals surface area contributed by atoms with Gasteiger partial charge in [0.15, 0.2) is 0 Å². The molecule has 0 atom stereocenters. The standard InChI is InChI=1S/C19H26N4O/c1-2-23-10-5-16-4-3-15(13-17(16)23)14-22-11-6-19(7-12-22)18(24)20-8-9-21-19/h3-5,10,13,21H,2,6-9,11-12,14H2,1H3,(H,20,24). The molecule has 1 aromatic heterocycles. The van der Waals surface area contributed by atoms with Gasteiger partial charge in [0.25, 0.3) is 0 Å². The first kappa shape index (κ1) is 15.7. The smallest absolute Gasteiger partial charge is 0.240 e. The van der Waals surface area contributed by atoms with Gasteiger partial charge in [-0.3, -0.25) is 9.69 Å². The number of nitrogens with one attached hydrogen (secondary N) is 2. The van der Waals surface area contributed by atoms with Crippen LogP contribution in [0.3, 0.4) is 0 Å². The molecule has 0 aliphatic carbocycles. The summed E-state index contributed by atoms with van der Waals surface area (Å²) in [6, 6.07) is 8.95. The van der Waals surface area contributed by atoms with Crippen LogP contribution in [0.1, 0.15) is 25.3 Å². The van der Waals surface area contributed by atoms with Crippen molar-refractivity contribution in [2.75, 3.05) is 26.2 Å². The first-order valence-electron chi connectivity index (χ1n) is 9.04. The van der Waals surface area contributed by atoms with Crippen molar-refractivity contribution in [3.8, 4) is 0 Å². The molecule has 0 unspecified atom stereocenters. The normalized spacial score (nSPS) is 21.3. The van der Waals surface area contributed by atoms with E-state index in [9.17, 15) is 4.79 Å². The zero-order valence-electron chi connectivity index (χ0n) is 14.3. The third kappa shape index (κ3) is 2.72. The summed E-state index contributed by atoms with van der Waals surface area (Å²) in [5.41, 5.74) is 2.35. The number of rotatable bonds is 3. The lowest BCUT2D eigenvalue weighted by Crippen LogP contribution is -2.66. The average molecular weight is 326 g/mol. The van der Waals surface area contributed by atoms with E-state index in [0.29, 0.717) is 0 Å². The van der Waals surface area contributed by atoms with Crippen LogP contribution in [0.15, 0.2) is 30.5 Å². The van der Waals surface area contributed by atoms with Crippen molar-refractivity contribution in [1.82, 2.24) is 20.1 Å². The zero-order valence-corrected chi connectivity index (χ0v) is 14.3. The van der Waals surface area contributed by atoms with Gasteiger partial charge in [-0.05, 0) is 42.8 Å². The van der Waals surface area contributed by atoms with Gasteiger partial charge in [-0.15, -0.1) is 0 Å². The van der Waals surface area contributed by atoms with Gasteiger partial charge >= 0.3 is 0 Å². The maximum absolute atomic E-state index is 12.2. The Kier molecular flexibility index (Phi) is 4.06. The van der Waals surface area contributed by atoms with Gasteiger partial charge in [0, 0.05) is 51.0 Å². The fourth-order valence-corrected chi connectivity index (χ4v) is 4.09.